The molecule has 0 atom stereocenters. The Morgan fingerprint density at radius 1 is 1.41 bits per heavy atom. The van der Waals surface area contributed by atoms with Gasteiger partial charge in [0.25, 0.3) is 0 Å². The first kappa shape index (κ1) is 12.9. The number of nitrogens with one attached hydrogen (secondary N) is 1. The van der Waals surface area contributed by atoms with Gasteiger partial charge in [0.05, 0.1) is 13.2 Å². The standard InChI is InChI=1S/C11H20N4OS/c1-9(2)10-12-11(14-13-10)17-8-5-15-3-6-16-7-4-15/h9H,3-8H2,1-2H3,(H,12,13,14). The van der Waals surface area contributed by atoms with E-state index in [2.05, 4.69) is 33.9 Å². The molecule has 0 saturated carbocycles. The average Bonchev–Trinajstić information content (AvgIpc) is 2.79. The van der Waals surface area contributed by atoms with Crippen molar-refractivity contribution in [2.45, 2.75) is 24.9 Å². The van der Waals surface area contributed by atoms with Crippen LogP contribution in [0.25, 0.3) is 0 Å². The summed E-state index contributed by atoms with van der Waals surface area (Å²) >= 11 is 1.72. The largest absolute Gasteiger partial charge is 0.379 e. The lowest BCUT2D eigenvalue weighted by atomic mass is 10.2. The summed E-state index contributed by atoms with van der Waals surface area (Å²) in [7, 11) is 0. The highest BCUT2D eigenvalue weighted by Gasteiger charge is 2.11. The molecule has 0 unspecified atom stereocenters. The molecule has 6 heteroatoms. The molecule has 1 aliphatic heterocycles. The zero-order valence-electron chi connectivity index (χ0n) is 10.5. The number of aromatic nitrogens is 3. The molecule has 0 spiro atoms. The molecule has 2 rings (SSSR count). The summed E-state index contributed by atoms with van der Waals surface area (Å²) in [6.07, 6.45) is 0. The molecule has 1 aromatic heterocycles. The van der Waals surface area contributed by atoms with E-state index in [1.165, 1.54) is 0 Å². The van der Waals surface area contributed by atoms with Crippen LogP contribution in [0.2, 0.25) is 0 Å². The Balaban J connectivity index is 1.70. The van der Waals surface area contributed by atoms with Crippen molar-refractivity contribution in [2.24, 2.45) is 0 Å². The number of H-pyrrole nitrogens is 1. The van der Waals surface area contributed by atoms with Crippen molar-refractivity contribution in [1.29, 1.82) is 0 Å². The molecule has 0 amide bonds. The smallest absolute Gasteiger partial charge is 0.208 e. The van der Waals surface area contributed by atoms with Gasteiger partial charge in [0.15, 0.2) is 0 Å². The van der Waals surface area contributed by atoms with E-state index < -0.39 is 0 Å². The van der Waals surface area contributed by atoms with Gasteiger partial charge in [0.2, 0.25) is 5.16 Å². The monoisotopic (exact) mass is 256 g/mol. The van der Waals surface area contributed by atoms with Gasteiger partial charge in [-0.05, 0) is 0 Å². The second kappa shape index (κ2) is 6.37. The number of thioether (sulfide) groups is 1. The van der Waals surface area contributed by atoms with Crippen LogP contribution in [0.5, 0.6) is 0 Å². The summed E-state index contributed by atoms with van der Waals surface area (Å²) in [6, 6.07) is 0. The molecular formula is C11H20N4OS. The van der Waals surface area contributed by atoms with Gasteiger partial charge in [-0.25, -0.2) is 4.98 Å². The third-order valence-electron chi connectivity index (χ3n) is 2.77. The topological polar surface area (TPSA) is 54.0 Å². The van der Waals surface area contributed by atoms with Gasteiger partial charge in [-0.1, -0.05) is 25.6 Å². The Morgan fingerprint density at radius 3 is 2.82 bits per heavy atom. The highest BCUT2D eigenvalue weighted by Crippen LogP contribution is 2.16. The van der Waals surface area contributed by atoms with E-state index in [-0.39, 0.29) is 0 Å². The lowest BCUT2D eigenvalue weighted by molar-refractivity contribution is 0.0410. The Hall–Kier alpha value is -0.590. The van der Waals surface area contributed by atoms with E-state index in [0.717, 1.165) is 49.6 Å². The molecular weight excluding hydrogens is 236 g/mol. The van der Waals surface area contributed by atoms with Crippen molar-refractivity contribution in [3.05, 3.63) is 5.82 Å². The van der Waals surface area contributed by atoms with E-state index >= 15 is 0 Å². The van der Waals surface area contributed by atoms with Crippen molar-refractivity contribution in [3.63, 3.8) is 0 Å². The van der Waals surface area contributed by atoms with E-state index in [1.807, 2.05) is 0 Å². The fourth-order valence-corrected chi connectivity index (χ4v) is 2.48. The predicted molar refractivity (Wildman–Crippen MR) is 68.5 cm³/mol. The maximum Gasteiger partial charge on any atom is 0.208 e. The number of ether oxygens (including phenoxy) is 1. The molecule has 1 saturated heterocycles. The van der Waals surface area contributed by atoms with Gasteiger partial charge in [0, 0.05) is 31.3 Å². The Kier molecular flexibility index (Phi) is 4.82. The zero-order valence-corrected chi connectivity index (χ0v) is 11.3. The van der Waals surface area contributed by atoms with Crippen molar-refractivity contribution < 1.29 is 4.74 Å². The van der Waals surface area contributed by atoms with Crippen LogP contribution in [0, 0.1) is 0 Å². The minimum atomic E-state index is 0.413. The molecule has 0 bridgehead atoms. The van der Waals surface area contributed by atoms with Gasteiger partial charge < -0.3 is 4.74 Å². The van der Waals surface area contributed by atoms with E-state index in [1.54, 1.807) is 11.8 Å². The fraction of sp³-hybridized carbons (Fsp3) is 0.818. The van der Waals surface area contributed by atoms with Gasteiger partial charge >= 0.3 is 0 Å². The first-order valence-corrected chi connectivity index (χ1v) is 7.09. The highest BCUT2D eigenvalue weighted by atomic mass is 32.2. The molecule has 1 aliphatic rings. The van der Waals surface area contributed by atoms with Crippen molar-refractivity contribution in [1.82, 2.24) is 20.1 Å². The molecule has 0 aliphatic carbocycles. The number of aromatic amines is 1. The maximum absolute atomic E-state index is 5.32. The van der Waals surface area contributed by atoms with Gasteiger partial charge in [-0.15, -0.1) is 5.10 Å². The fourth-order valence-electron chi connectivity index (χ4n) is 1.67. The average molecular weight is 256 g/mol. The quantitative estimate of drug-likeness (QED) is 0.806. The molecule has 1 fully saturated rings. The van der Waals surface area contributed by atoms with E-state index in [9.17, 15) is 0 Å². The molecule has 96 valence electrons. The minimum absolute atomic E-state index is 0.413. The second-order valence-electron chi connectivity index (χ2n) is 4.46. The van der Waals surface area contributed by atoms with Crippen LogP contribution < -0.4 is 0 Å². The molecule has 17 heavy (non-hydrogen) atoms. The first-order chi connectivity index (χ1) is 8.25. The van der Waals surface area contributed by atoms with Crippen LogP contribution in [0.4, 0.5) is 0 Å². The van der Waals surface area contributed by atoms with Crippen LogP contribution in [-0.2, 0) is 4.74 Å². The van der Waals surface area contributed by atoms with E-state index in [4.69, 9.17) is 4.74 Å². The number of nitrogens with zero attached hydrogens (tertiary/aromatic N) is 3. The Labute approximate surface area is 106 Å². The third kappa shape index (κ3) is 3.97. The number of morpholine rings is 1. The SMILES string of the molecule is CC(C)c1nc(SCCN2CCOCC2)n[nH]1. The number of rotatable bonds is 5. The molecule has 1 aromatic rings. The summed E-state index contributed by atoms with van der Waals surface area (Å²) in [4.78, 5) is 6.87. The highest BCUT2D eigenvalue weighted by molar-refractivity contribution is 7.99. The summed E-state index contributed by atoms with van der Waals surface area (Å²) in [5, 5.41) is 8.04. The van der Waals surface area contributed by atoms with Crippen LogP contribution in [0.15, 0.2) is 5.16 Å². The Bertz CT molecular complexity index is 336. The normalized spacial score (nSPS) is 17.8. The third-order valence-corrected chi connectivity index (χ3v) is 3.60. The Morgan fingerprint density at radius 2 is 2.18 bits per heavy atom. The van der Waals surface area contributed by atoms with Crippen LogP contribution in [0.3, 0.4) is 0 Å². The number of hydrogen-bond donors (Lipinski definition) is 1. The lowest BCUT2D eigenvalue weighted by Crippen LogP contribution is -2.37. The summed E-state index contributed by atoms with van der Waals surface area (Å²) in [5.74, 6) is 2.42. The molecule has 0 aromatic carbocycles. The zero-order chi connectivity index (χ0) is 12.1. The molecule has 0 radical (unpaired) electrons. The van der Waals surface area contributed by atoms with Crippen molar-refractivity contribution in [2.75, 3.05) is 38.6 Å². The second-order valence-corrected chi connectivity index (χ2v) is 5.52. The lowest BCUT2D eigenvalue weighted by Gasteiger charge is -2.25. The maximum atomic E-state index is 5.32. The van der Waals surface area contributed by atoms with E-state index in [0.29, 0.717) is 5.92 Å². The molecule has 2 heterocycles. The van der Waals surface area contributed by atoms with Gasteiger partial charge in [-0.2, -0.15) is 0 Å². The van der Waals surface area contributed by atoms with Gasteiger partial charge in [0.1, 0.15) is 5.82 Å². The summed E-state index contributed by atoms with van der Waals surface area (Å²) < 4.78 is 5.32. The van der Waals surface area contributed by atoms with Crippen molar-refractivity contribution >= 4 is 11.8 Å². The van der Waals surface area contributed by atoms with Crippen LogP contribution in [0.1, 0.15) is 25.6 Å². The number of hydrogen-bond acceptors (Lipinski definition) is 5. The van der Waals surface area contributed by atoms with Crippen LogP contribution >= 0.6 is 11.8 Å². The van der Waals surface area contributed by atoms with Gasteiger partial charge in [-0.3, -0.25) is 10.00 Å². The molecule has 1 N–H and O–H groups in total. The van der Waals surface area contributed by atoms with Crippen LogP contribution in [-0.4, -0.2) is 58.7 Å². The first-order valence-electron chi connectivity index (χ1n) is 6.11. The summed E-state index contributed by atoms with van der Waals surface area (Å²) in [6.45, 7) is 9.13. The van der Waals surface area contributed by atoms with Crippen molar-refractivity contribution in [3.8, 4) is 0 Å². The molecule has 5 nitrogen and oxygen atoms in total. The predicted octanol–water partition coefficient (Wildman–Crippen LogP) is 1.35. The summed E-state index contributed by atoms with van der Waals surface area (Å²) in [5.41, 5.74) is 0. The minimum Gasteiger partial charge on any atom is -0.379 e.